The Hall–Kier alpha value is -2.58. The Bertz CT molecular complexity index is 1370. The van der Waals surface area contributed by atoms with Crippen LogP contribution in [-0.4, -0.2) is 68.5 Å². The molecular weight excluding hydrogens is 828 g/mol. The number of aliphatic hydroxyl groups excluding tert-OH is 1. The number of nitrogens with one attached hydrogen (secondary N) is 1. The van der Waals surface area contributed by atoms with E-state index in [1.807, 2.05) is 33.3 Å². The van der Waals surface area contributed by atoms with Crippen LogP contribution in [0.4, 0.5) is 0 Å². The van der Waals surface area contributed by atoms with Crippen LogP contribution in [0.2, 0.25) is 0 Å². The van der Waals surface area contributed by atoms with Crippen LogP contribution in [-0.2, 0) is 18.4 Å². The monoisotopic (exact) mass is 927 g/mol. The number of phosphoric ester groups is 1. The highest BCUT2D eigenvalue weighted by atomic mass is 31.2. The summed E-state index contributed by atoms with van der Waals surface area (Å²) in [6.07, 6.45) is 66.7. The first-order valence-corrected chi connectivity index (χ1v) is 27.6. The van der Waals surface area contributed by atoms with Crippen molar-refractivity contribution >= 4 is 13.7 Å². The number of hydrogen-bond acceptors (Lipinski definition) is 6. The fourth-order valence-electron chi connectivity index (χ4n) is 6.96. The van der Waals surface area contributed by atoms with Gasteiger partial charge in [0.25, 0.3) is 7.82 Å². The summed E-state index contributed by atoms with van der Waals surface area (Å²) >= 11 is 0. The lowest BCUT2D eigenvalue weighted by atomic mass is 10.0. The highest BCUT2D eigenvalue weighted by Gasteiger charge is 2.23. The molecule has 0 aromatic rings. The molecule has 0 spiro atoms. The second kappa shape index (κ2) is 46.5. The fourth-order valence-corrected chi connectivity index (χ4v) is 7.68. The molecule has 9 heteroatoms. The predicted octanol–water partition coefficient (Wildman–Crippen LogP) is 14.8. The van der Waals surface area contributed by atoms with Crippen molar-refractivity contribution in [3.8, 4) is 0 Å². The lowest BCUT2D eigenvalue weighted by Crippen LogP contribution is -2.45. The zero-order valence-corrected chi connectivity index (χ0v) is 43.3. The Labute approximate surface area is 400 Å². The van der Waals surface area contributed by atoms with Gasteiger partial charge < -0.3 is 28.8 Å². The number of amides is 1. The lowest BCUT2D eigenvalue weighted by Gasteiger charge is -2.29. The molecule has 0 fully saturated rings. The van der Waals surface area contributed by atoms with E-state index in [0.29, 0.717) is 23.9 Å². The zero-order valence-electron chi connectivity index (χ0n) is 42.4. The van der Waals surface area contributed by atoms with E-state index < -0.39 is 26.6 Å². The van der Waals surface area contributed by atoms with Crippen LogP contribution in [0.25, 0.3) is 0 Å². The minimum absolute atomic E-state index is 0.0305. The fraction of sp³-hybridized carbons (Fsp3) is 0.696. The average Bonchev–Trinajstić information content (AvgIpc) is 3.26. The number of nitrogens with zero attached hydrogens (tertiary/aromatic N) is 1. The molecule has 0 aromatic carbocycles. The maximum absolute atomic E-state index is 12.8. The van der Waals surface area contributed by atoms with Gasteiger partial charge in [-0.05, 0) is 70.6 Å². The van der Waals surface area contributed by atoms with E-state index in [1.165, 1.54) is 122 Å². The number of hydrogen-bond donors (Lipinski definition) is 2. The molecule has 3 atom stereocenters. The lowest BCUT2D eigenvalue weighted by molar-refractivity contribution is -0.870. The topological polar surface area (TPSA) is 108 Å². The summed E-state index contributed by atoms with van der Waals surface area (Å²) in [6, 6.07) is -0.970. The van der Waals surface area contributed by atoms with Crippen molar-refractivity contribution in [1.82, 2.24) is 5.32 Å². The number of rotatable bonds is 46. The van der Waals surface area contributed by atoms with Gasteiger partial charge in [0, 0.05) is 6.42 Å². The number of aliphatic hydroxyl groups is 1. The number of unbranched alkanes of at least 4 members (excludes halogenated alkanes) is 20. The number of carbonyl (C=O) groups is 1. The number of phosphoric acid groups is 1. The van der Waals surface area contributed by atoms with Crippen LogP contribution in [0.15, 0.2) is 97.2 Å². The standard InChI is InChI=1S/C56H99N2O6P/c1-6-8-10-12-14-16-18-20-22-23-24-25-26-27-28-29-30-31-32-33-34-36-37-39-41-43-45-47-49-55(59)54(53-64-65(61,62)63-52-51-58(3,4)5)57-56(60)50-48-46-44-42-40-38-35-21-19-17-15-13-11-9-7-2/h9,11,15,17,21,33-35,39-42,46-49,54-55,59H,6-8,10,12-14,16,18-20,22-32,36-38,43-45,50-53H2,1-5H3,(H-,57,60,61,62)/b11-9-,17-15-,34-33+,35-21-,41-39+,42-40-,48-46-,49-47+. The molecule has 3 unspecified atom stereocenters. The Morgan fingerprint density at radius 2 is 0.954 bits per heavy atom. The molecule has 0 rings (SSSR count). The van der Waals surface area contributed by atoms with Crippen molar-refractivity contribution in [2.24, 2.45) is 0 Å². The molecule has 0 aromatic heterocycles. The zero-order chi connectivity index (χ0) is 47.8. The third kappa shape index (κ3) is 49.2. The summed E-state index contributed by atoms with van der Waals surface area (Å²) in [6.45, 7) is 4.42. The maximum Gasteiger partial charge on any atom is 0.268 e. The minimum atomic E-state index is -4.64. The van der Waals surface area contributed by atoms with Crippen LogP contribution in [0, 0.1) is 0 Å². The van der Waals surface area contributed by atoms with Crippen LogP contribution < -0.4 is 10.2 Å². The van der Waals surface area contributed by atoms with Crippen molar-refractivity contribution in [3.05, 3.63) is 97.2 Å². The molecule has 374 valence electrons. The van der Waals surface area contributed by atoms with Crippen molar-refractivity contribution < 1.29 is 32.9 Å². The molecule has 0 aliphatic heterocycles. The molecule has 0 radical (unpaired) electrons. The summed E-state index contributed by atoms with van der Waals surface area (Å²) in [7, 11) is 1.16. The molecular formula is C56H99N2O6P. The summed E-state index contributed by atoms with van der Waals surface area (Å²) < 4.78 is 23.2. The molecule has 0 aliphatic rings. The first-order valence-electron chi connectivity index (χ1n) is 26.1. The average molecular weight is 927 g/mol. The highest BCUT2D eigenvalue weighted by molar-refractivity contribution is 7.45. The number of allylic oxidation sites excluding steroid dienone is 14. The van der Waals surface area contributed by atoms with Gasteiger partial charge in [0.05, 0.1) is 39.9 Å². The number of likely N-dealkylation sites (N-methyl/N-ethyl adjacent to an activating group) is 1. The van der Waals surface area contributed by atoms with E-state index in [4.69, 9.17) is 9.05 Å². The van der Waals surface area contributed by atoms with E-state index in [9.17, 15) is 19.4 Å². The van der Waals surface area contributed by atoms with E-state index in [-0.39, 0.29) is 18.9 Å². The van der Waals surface area contributed by atoms with Crippen molar-refractivity contribution in [2.45, 2.75) is 212 Å². The quantitative estimate of drug-likeness (QED) is 0.0272. The van der Waals surface area contributed by atoms with Crippen LogP contribution in [0.5, 0.6) is 0 Å². The molecule has 0 saturated heterocycles. The summed E-state index contributed by atoms with van der Waals surface area (Å²) in [4.78, 5) is 25.3. The van der Waals surface area contributed by atoms with Gasteiger partial charge in [0.1, 0.15) is 13.2 Å². The molecule has 65 heavy (non-hydrogen) atoms. The predicted molar refractivity (Wildman–Crippen MR) is 279 cm³/mol. The second-order valence-corrected chi connectivity index (χ2v) is 19.9. The SMILES string of the molecule is CC/C=C\C/C=C\C/C=C\C/C=C\C/C=C\CC(=O)NC(COP(=O)([O-])OCC[N+](C)(C)C)C(O)/C=C/CC/C=C/CC/C=C/CCCCCCCCCCCCCCCCCCCC. The van der Waals surface area contributed by atoms with Gasteiger partial charge in [-0.15, -0.1) is 0 Å². The van der Waals surface area contributed by atoms with Gasteiger partial charge in [0.2, 0.25) is 5.91 Å². The minimum Gasteiger partial charge on any atom is -0.756 e. The summed E-state index contributed by atoms with van der Waals surface area (Å²) in [5.41, 5.74) is 0. The first-order chi connectivity index (χ1) is 31.5. The van der Waals surface area contributed by atoms with Crippen LogP contribution in [0.3, 0.4) is 0 Å². The second-order valence-electron chi connectivity index (χ2n) is 18.5. The Morgan fingerprint density at radius 3 is 1.40 bits per heavy atom. The third-order valence-corrected chi connectivity index (χ3v) is 12.0. The van der Waals surface area contributed by atoms with Gasteiger partial charge in [0.15, 0.2) is 0 Å². The van der Waals surface area contributed by atoms with Crippen LogP contribution >= 0.6 is 7.82 Å². The van der Waals surface area contributed by atoms with E-state index in [1.54, 1.807) is 12.2 Å². The molecule has 8 nitrogen and oxygen atoms in total. The van der Waals surface area contributed by atoms with E-state index >= 15 is 0 Å². The summed E-state index contributed by atoms with van der Waals surface area (Å²) in [5.74, 6) is -0.341. The molecule has 1 amide bonds. The Morgan fingerprint density at radius 1 is 0.554 bits per heavy atom. The summed E-state index contributed by atoms with van der Waals surface area (Å²) in [5, 5.41) is 13.7. The third-order valence-electron chi connectivity index (χ3n) is 11.0. The largest absolute Gasteiger partial charge is 0.756 e. The van der Waals surface area contributed by atoms with Crippen molar-refractivity contribution in [1.29, 1.82) is 0 Å². The van der Waals surface area contributed by atoms with E-state index in [2.05, 4.69) is 92.1 Å². The van der Waals surface area contributed by atoms with Gasteiger partial charge >= 0.3 is 0 Å². The van der Waals surface area contributed by atoms with Crippen LogP contribution in [0.1, 0.15) is 200 Å². The number of carbonyl (C=O) groups excluding carboxylic acids is 1. The molecule has 0 aliphatic carbocycles. The van der Waals surface area contributed by atoms with Gasteiger partial charge in [-0.1, -0.05) is 220 Å². The van der Waals surface area contributed by atoms with Gasteiger partial charge in [-0.3, -0.25) is 9.36 Å². The molecule has 2 N–H and O–H groups in total. The number of quaternary nitrogens is 1. The normalized spacial score (nSPS) is 14.9. The van der Waals surface area contributed by atoms with E-state index in [0.717, 1.165) is 44.9 Å². The molecule has 0 saturated carbocycles. The van der Waals surface area contributed by atoms with Crippen molar-refractivity contribution in [3.63, 3.8) is 0 Å². The smallest absolute Gasteiger partial charge is 0.268 e. The van der Waals surface area contributed by atoms with Gasteiger partial charge in [-0.25, -0.2) is 0 Å². The Kier molecular flexibility index (Phi) is 44.7. The highest BCUT2D eigenvalue weighted by Crippen LogP contribution is 2.38. The Balaban J connectivity index is 4.40. The molecule has 0 heterocycles. The molecule has 0 bridgehead atoms. The van der Waals surface area contributed by atoms with Gasteiger partial charge in [-0.2, -0.15) is 0 Å². The maximum atomic E-state index is 12.8. The van der Waals surface area contributed by atoms with Crippen molar-refractivity contribution in [2.75, 3.05) is 40.9 Å². The first kappa shape index (κ1) is 62.4.